The molecular formula is C41H52N8O3. The van der Waals surface area contributed by atoms with E-state index in [0.29, 0.717) is 51.1 Å². The van der Waals surface area contributed by atoms with Gasteiger partial charge in [0.2, 0.25) is 11.8 Å². The molecule has 11 nitrogen and oxygen atoms in total. The third kappa shape index (κ3) is 6.47. The zero-order valence-corrected chi connectivity index (χ0v) is 30.7. The Kier molecular flexibility index (Phi) is 9.52. The van der Waals surface area contributed by atoms with Crippen molar-refractivity contribution in [2.45, 2.75) is 97.1 Å². The topological polar surface area (TPSA) is 139 Å². The molecule has 1 saturated carbocycles. The zero-order valence-electron chi connectivity index (χ0n) is 30.7. The van der Waals surface area contributed by atoms with Crippen molar-refractivity contribution in [3.63, 3.8) is 0 Å². The lowest BCUT2D eigenvalue weighted by Gasteiger charge is -2.27. The van der Waals surface area contributed by atoms with Gasteiger partial charge < -0.3 is 26.4 Å². The maximum Gasteiger partial charge on any atom is 0.236 e. The van der Waals surface area contributed by atoms with E-state index in [2.05, 4.69) is 89.2 Å². The van der Waals surface area contributed by atoms with Gasteiger partial charge in [0.1, 0.15) is 5.41 Å². The van der Waals surface area contributed by atoms with Crippen LogP contribution in [-0.4, -0.2) is 75.9 Å². The van der Waals surface area contributed by atoms with Crippen LogP contribution in [0.4, 0.5) is 5.69 Å². The van der Waals surface area contributed by atoms with E-state index in [4.69, 9.17) is 15.5 Å². The molecule has 4 atom stereocenters. The van der Waals surface area contributed by atoms with E-state index in [-0.39, 0.29) is 24.4 Å². The number of carbonyl (C=O) groups is 2. The van der Waals surface area contributed by atoms with Crippen LogP contribution in [0.5, 0.6) is 0 Å². The molecule has 0 radical (unpaired) electrons. The van der Waals surface area contributed by atoms with Gasteiger partial charge in [-0.15, -0.1) is 0 Å². The molecule has 8 rings (SSSR count). The summed E-state index contributed by atoms with van der Waals surface area (Å²) in [5.41, 5.74) is 14.4. The van der Waals surface area contributed by atoms with E-state index < -0.39 is 11.3 Å². The first-order chi connectivity index (χ1) is 25.3. The normalized spacial score (nSPS) is 24.4. The van der Waals surface area contributed by atoms with Gasteiger partial charge in [0.05, 0.1) is 17.3 Å². The molecule has 3 saturated heterocycles. The highest BCUT2D eigenvalue weighted by molar-refractivity contribution is 6.08. The van der Waals surface area contributed by atoms with Gasteiger partial charge in [-0.1, -0.05) is 43.3 Å². The Labute approximate surface area is 306 Å². The minimum Gasteiger partial charge on any atom is -0.381 e. The molecule has 0 spiro atoms. The van der Waals surface area contributed by atoms with Crippen LogP contribution >= 0.6 is 0 Å². The average molecular weight is 705 g/mol. The first-order valence-electron chi connectivity index (χ1n) is 19.2. The van der Waals surface area contributed by atoms with Crippen LogP contribution in [0.25, 0.3) is 22.2 Å². The predicted octanol–water partition coefficient (Wildman–Crippen LogP) is 4.48. The Morgan fingerprint density at radius 3 is 2.69 bits per heavy atom. The molecule has 2 unspecified atom stereocenters. The molecule has 4 aliphatic rings. The molecule has 11 heteroatoms. The number of fused-ring (bicyclic) bond motifs is 3. The number of anilines is 1. The number of amides is 2. The third-order valence-corrected chi connectivity index (χ3v) is 12.1. The van der Waals surface area contributed by atoms with Gasteiger partial charge >= 0.3 is 0 Å². The average Bonchev–Trinajstić information content (AvgIpc) is 3.43. The lowest BCUT2D eigenvalue weighted by Crippen LogP contribution is -2.42. The highest BCUT2D eigenvalue weighted by Gasteiger charge is 2.64. The summed E-state index contributed by atoms with van der Waals surface area (Å²) in [5, 5.41) is 16.1. The van der Waals surface area contributed by atoms with E-state index in [1.54, 1.807) is 0 Å². The first-order valence-corrected chi connectivity index (χ1v) is 19.2. The molecule has 5 N–H and O–H groups in total. The molecule has 4 fully saturated rings. The van der Waals surface area contributed by atoms with Crippen molar-refractivity contribution >= 4 is 28.5 Å². The van der Waals surface area contributed by atoms with E-state index >= 15 is 0 Å². The number of likely N-dealkylation sites (tertiary alicyclic amines) is 1. The number of piperazine rings is 1. The number of benzene rings is 2. The van der Waals surface area contributed by atoms with Crippen molar-refractivity contribution in [2.75, 3.05) is 31.6 Å². The van der Waals surface area contributed by atoms with Gasteiger partial charge in [-0.2, -0.15) is 5.10 Å². The molecule has 2 aromatic heterocycles. The van der Waals surface area contributed by atoms with Gasteiger partial charge in [-0.25, -0.2) is 9.67 Å². The summed E-state index contributed by atoms with van der Waals surface area (Å²) in [7, 11) is 0. The van der Waals surface area contributed by atoms with Crippen LogP contribution in [0.3, 0.4) is 0 Å². The number of primary amides is 1. The highest BCUT2D eigenvalue weighted by Crippen LogP contribution is 2.54. The number of aryl methyl sites for hydroxylation is 3. The summed E-state index contributed by atoms with van der Waals surface area (Å²) in [4.78, 5) is 34.7. The Balaban J connectivity index is 0.993. The number of nitrogens with two attached hydrogens (primary N) is 1. The third-order valence-electron chi connectivity index (χ3n) is 12.1. The number of pyridine rings is 1. The number of aromatic nitrogens is 3. The SMILES string of the molecule is CCc1nc2c(cnn2CC)c(NC2CCOCC2)c1CNC(=O)C1(C(N)=O)CC1Cc1ccc(C)c(-c2cccc(CN3C[C@@H]4C[C@H]3CN4)c2)c1. The fraction of sp³-hybridized carbons (Fsp3) is 0.512. The van der Waals surface area contributed by atoms with E-state index in [1.807, 2.05) is 10.9 Å². The molecule has 274 valence electrons. The van der Waals surface area contributed by atoms with E-state index in [9.17, 15) is 9.59 Å². The van der Waals surface area contributed by atoms with Crippen LogP contribution in [0.1, 0.15) is 67.5 Å². The maximum absolute atomic E-state index is 14.0. The molecule has 2 aromatic carbocycles. The lowest BCUT2D eigenvalue weighted by molar-refractivity contribution is -0.136. The van der Waals surface area contributed by atoms with Crippen molar-refractivity contribution < 1.29 is 14.3 Å². The van der Waals surface area contributed by atoms with Crippen molar-refractivity contribution in [3.8, 4) is 11.1 Å². The molecule has 2 bridgehead atoms. The van der Waals surface area contributed by atoms with Gasteiger partial charge in [0, 0.05) is 75.3 Å². The molecule has 4 aromatic rings. The van der Waals surface area contributed by atoms with Crippen molar-refractivity contribution in [1.29, 1.82) is 0 Å². The van der Waals surface area contributed by atoms with Crippen molar-refractivity contribution in [3.05, 3.63) is 76.6 Å². The number of hydrogen-bond acceptors (Lipinski definition) is 8. The summed E-state index contributed by atoms with van der Waals surface area (Å²) in [6, 6.07) is 16.9. The largest absolute Gasteiger partial charge is 0.381 e. The summed E-state index contributed by atoms with van der Waals surface area (Å²) >= 11 is 0. The van der Waals surface area contributed by atoms with Crippen LogP contribution in [0, 0.1) is 18.3 Å². The minimum atomic E-state index is -1.24. The summed E-state index contributed by atoms with van der Waals surface area (Å²) in [6.07, 6.45) is 6.64. The number of nitrogens with one attached hydrogen (secondary N) is 3. The predicted molar refractivity (Wildman–Crippen MR) is 203 cm³/mol. The molecule has 5 heterocycles. The standard InChI is InChI=1S/C41H52N8O3/c1-4-36-34(37(46-30-11-13-52-14-12-30)35-22-45-49(5-2)38(35)47-36)21-44-40(51)41(39(42)50)19-29(41)16-26-10-9-25(3)33(17-26)28-8-6-7-27(15-28)23-48-24-31-18-32(48)20-43-31/h6-10,15,17,22,29-32,43H,4-5,11-14,16,18-21,23-24H2,1-3H3,(H2,42,50)(H,44,51)(H,46,47)/t29?,31-,32-,41?/m0/s1. The van der Waals surface area contributed by atoms with Crippen LogP contribution < -0.4 is 21.7 Å². The van der Waals surface area contributed by atoms with E-state index in [0.717, 1.165) is 66.0 Å². The smallest absolute Gasteiger partial charge is 0.236 e. The monoisotopic (exact) mass is 704 g/mol. The van der Waals surface area contributed by atoms with Gasteiger partial charge in [0.25, 0.3) is 0 Å². The Bertz CT molecular complexity index is 1990. The van der Waals surface area contributed by atoms with Crippen molar-refractivity contribution in [2.24, 2.45) is 17.1 Å². The number of nitrogens with zero attached hydrogens (tertiary/aromatic N) is 4. The second-order valence-electron chi connectivity index (χ2n) is 15.4. The zero-order chi connectivity index (χ0) is 36.0. The van der Waals surface area contributed by atoms with Gasteiger partial charge in [-0.3, -0.25) is 14.5 Å². The van der Waals surface area contributed by atoms with Gasteiger partial charge in [0.15, 0.2) is 5.65 Å². The molecule has 3 aliphatic heterocycles. The van der Waals surface area contributed by atoms with E-state index in [1.165, 1.54) is 28.7 Å². The summed E-state index contributed by atoms with van der Waals surface area (Å²) < 4.78 is 7.52. The molecule has 2 amide bonds. The van der Waals surface area contributed by atoms with Crippen LogP contribution in [-0.2, 0) is 46.8 Å². The van der Waals surface area contributed by atoms with Crippen molar-refractivity contribution in [1.82, 2.24) is 30.3 Å². The lowest BCUT2D eigenvalue weighted by atomic mass is 9.93. The quantitative estimate of drug-likeness (QED) is 0.150. The Hall–Kier alpha value is -4.32. The number of carbonyl (C=O) groups excluding carboxylic acids is 2. The summed E-state index contributed by atoms with van der Waals surface area (Å²) in [6.45, 7) is 11.8. The highest BCUT2D eigenvalue weighted by atomic mass is 16.5. The first kappa shape index (κ1) is 34.7. The number of hydrogen-bond donors (Lipinski definition) is 4. The molecule has 52 heavy (non-hydrogen) atoms. The minimum absolute atomic E-state index is 0.167. The fourth-order valence-corrected chi connectivity index (χ4v) is 9.00. The number of ether oxygens (including phenoxy) is 1. The Morgan fingerprint density at radius 1 is 1.12 bits per heavy atom. The van der Waals surface area contributed by atoms with Crippen LogP contribution in [0.2, 0.25) is 0 Å². The fourth-order valence-electron chi connectivity index (χ4n) is 9.00. The number of rotatable bonds is 13. The second kappa shape index (κ2) is 14.2. The van der Waals surface area contributed by atoms with Crippen LogP contribution in [0.15, 0.2) is 48.7 Å². The molecule has 1 aliphatic carbocycles. The Morgan fingerprint density at radius 2 is 1.96 bits per heavy atom. The molecular weight excluding hydrogens is 653 g/mol. The maximum atomic E-state index is 14.0. The summed E-state index contributed by atoms with van der Waals surface area (Å²) in [5.74, 6) is -1.03. The second-order valence-corrected chi connectivity index (χ2v) is 15.4. The van der Waals surface area contributed by atoms with Gasteiger partial charge in [-0.05, 0) is 92.2 Å².